The van der Waals surface area contributed by atoms with Gasteiger partial charge in [-0.2, -0.15) is 8.78 Å². The van der Waals surface area contributed by atoms with Crippen molar-refractivity contribution in [3.05, 3.63) is 47.9 Å². The number of aromatic amines is 1. The predicted octanol–water partition coefficient (Wildman–Crippen LogP) is 3.26. The molecule has 1 aromatic heterocycles. The first kappa shape index (κ1) is 22.0. The number of carbonyl (C=O) groups is 2. The maximum atomic E-state index is 14.3. The quantitative estimate of drug-likeness (QED) is 0.716. The van der Waals surface area contributed by atoms with Crippen LogP contribution in [0.4, 0.5) is 13.6 Å². The van der Waals surface area contributed by atoms with E-state index in [1.54, 1.807) is 38.1 Å². The van der Waals surface area contributed by atoms with E-state index < -0.39 is 30.5 Å². The fraction of sp³-hybridized carbons (Fsp3) is 0.318. The molecule has 2 N–H and O–H groups in total. The first-order valence-electron chi connectivity index (χ1n) is 9.54. The number of hydrogen-bond donors (Lipinski definition) is 2. The number of halogens is 2. The van der Waals surface area contributed by atoms with Gasteiger partial charge in [0.25, 0.3) is 5.92 Å². The number of terminal acetylenes is 1. The third-order valence-corrected chi connectivity index (χ3v) is 4.85. The Morgan fingerprint density at radius 2 is 2.00 bits per heavy atom. The van der Waals surface area contributed by atoms with E-state index in [9.17, 15) is 18.4 Å². The van der Waals surface area contributed by atoms with Crippen LogP contribution in [0.15, 0.2) is 36.5 Å². The second-order valence-corrected chi connectivity index (χ2v) is 7.44. The van der Waals surface area contributed by atoms with Crippen LogP contribution in [-0.2, 0) is 9.53 Å². The SMILES string of the molecule is C#Cc1ccc(-c2cnc(C3=CC(F)(F)CN3C(=O)C(NC(=O)OC)C(C)C)[nH]2)cc1. The van der Waals surface area contributed by atoms with Crippen LogP contribution < -0.4 is 5.32 Å². The summed E-state index contributed by atoms with van der Waals surface area (Å²) >= 11 is 0. The number of imidazole rings is 1. The van der Waals surface area contributed by atoms with E-state index in [-0.39, 0.29) is 17.4 Å². The van der Waals surface area contributed by atoms with Crippen molar-refractivity contribution in [1.82, 2.24) is 20.2 Å². The van der Waals surface area contributed by atoms with Crippen molar-refractivity contribution in [2.24, 2.45) is 5.92 Å². The topological polar surface area (TPSA) is 87.3 Å². The van der Waals surface area contributed by atoms with E-state index in [0.717, 1.165) is 17.6 Å². The Bertz CT molecular complexity index is 1050. The molecule has 0 bridgehead atoms. The van der Waals surface area contributed by atoms with E-state index in [0.29, 0.717) is 17.3 Å². The van der Waals surface area contributed by atoms with Crippen LogP contribution in [0, 0.1) is 18.3 Å². The van der Waals surface area contributed by atoms with Gasteiger partial charge in [-0.25, -0.2) is 9.78 Å². The number of hydrogen-bond acceptors (Lipinski definition) is 4. The first-order valence-corrected chi connectivity index (χ1v) is 9.54. The summed E-state index contributed by atoms with van der Waals surface area (Å²) in [5, 5.41) is 2.41. The normalized spacial score (nSPS) is 15.9. The molecule has 0 aliphatic carbocycles. The molecular weight excluding hydrogens is 406 g/mol. The Labute approximate surface area is 178 Å². The second-order valence-electron chi connectivity index (χ2n) is 7.44. The highest BCUT2D eigenvalue weighted by Gasteiger charge is 2.44. The third-order valence-electron chi connectivity index (χ3n) is 4.85. The van der Waals surface area contributed by atoms with Crippen molar-refractivity contribution in [2.75, 3.05) is 13.7 Å². The summed E-state index contributed by atoms with van der Waals surface area (Å²) in [5.41, 5.74) is 1.98. The van der Waals surface area contributed by atoms with Crippen LogP contribution in [-0.4, -0.2) is 52.5 Å². The Balaban J connectivity index is 1.91. The highest BCUT2D eigenvalue weighted by molar-refractivity contribution is 5.93. The van der Waals surface area contributed by atoms with Crippen molar-refractivity contribution < 1.29 is 23.1 Å². The zero-order chi connectivity index (χ0) is 22.8. The molecule has 2 aromatic rings. The lowest BCUT2D eigenvalue weighted by Gasteiger charge is -2.27. The molecule has 1 aliphatic heterocycles. The molecule has 7 nitrogen and oxygen atoms in total. The van der Waals surface area contributed by atoms with Crippen molar-refractivity contribution in [2.45, 2.75) is 25.8 Å². The number of nitrogens with one attached hydrogen (secondary N) is 2. The predicted molar refractivity (Wildman–Crippen MR) is 111 cm³/mol. The molecule has 9 heteroatoms. The van der Waals surface area contributed by atoms with Gasteiger partial charge >= 0.3 is 6.09 Å². The Morgan fingerprint density at radius 1 is 1.32 bits per heavy atom. The van der Waals surface area contributed by atoms with Gasteiger partial charge in [0.05, 0.1) is 31.2 Å². The van der Waals surface area contributed by atoms with Crippen LogP contribution in [0.1, 0.15) is 25.2 Å². The minimum atomic E-state index is -3.24. The number of rotatable bonds is 5. The maximum Gasteiger partial charge on any atom is 0.407 e. The second kappa shape index (κ2) is 8.60. The van der Waals surface area contributed by atoms with E-state index in [4.69, 9.17) is 6.42 Å². The minimum absolute atomic E-state index is 0.0567. The molecule has 0 fully saturated rings. The molecule has 1 atom stereocenters. The van der Waals surface area contributed by atoms with Gasteiger partial charge in [0.15, 0.2) is 5.82 Å². The molecule has 0 radical (unpaired) electrons. The van der Waals surface area contributed by atoms with Gasteiger partial charge in [0.1, 0.15) is 6.04 Å². The highest BCUT2D eigenvalue weighted by atomic mass is 19.3. The molecule has 2 amide bonds. The molecule has 3 rings (SSSR count). The lowest BCUT2D eigenvalue weighted by molar-refractivity contribution is -0.132. The number of alkyl carbamates (subject to hydrolysis) is 1. The Hall–Kier alpha value is -3.67. The van der Waals surface area contributed by atoms with Crippen molar-refractivity contribution in [3.8, 4) is 23.6 Å². The van der Waals surface area contributed by atoms with Crippen LogP contribution in [0.3, 0.4) is 0 Å². The van der Waals surface area contributed by atoms with Crippen LogP contribution in [0.2, 0.25) is 0 Å². The summed E-state index contributed by atoms with van der Waals surface area (Å²) in [6.45, 7) is 2.54. The van der Waals surface area contributed by atoms with Crippen LogP contribution in [0.5, 0.6) is 0 Å². The number of ether oxygens (including phenoxy) is 1. The summed E-state index contributed by atoms with van der Waals surface area (Å²) < 4.78 is 33.1. The highest BCUT2D eigenvalue weighted by Crippen LogP contribution is 2.35. The monoisotopic (exact) mass is 428 g/mol. The minimum Gasteiger partial charge on any atom is -0.453 e. The molecular formula is C22H22F2N4O3. The Kier molecular flexibility index (Phi) is 6.11. The standard InChI is InChI=1S/C22H22F2N4O3/c1-5-14-6-8-15(9-7-14)16-11-25-19(26-16)17-10-22(23,24)12-28(17)20(29)18(13(2)3)27-21(30)31-4/h1,6-11,13,18H,12H2,2-4H3,(H,25,26)(H,27,30). The molecule has 1 aromatic carbocycles. The molecule has 0 saturated heterocycles. The summed E-state index contributed by atoms with van der Waals surface area (Å²) in [5.74, 6) is -1.64. The van der Waals surface area contributed by atoms with Gasteiger partial charge in [0, 0.05) is 11.6 Å². The average molecular weight is 428 g/mol. The fourth-order valence-electron chi connectivity index (χ4n) is 3.22. The van der Waals surface area contributed by atoms with E-state index in [1.165, 1.54) is 6.20 Å². The zero-order valence-electron chi connectivity index (χ0n) is 17.3. The first-order chi connectivity index (χ1) is 14.6. The molecule has 1 aliphatic rings. The number of benzene rings is 1. The largest absolute Gasteiger partial charge is 0.453 e. The molecule has 1 unspecified atom stereocenters. The third kappa shape index (κ3) is 4.74. The molecule has 0 saturated carbocycles. The Morgan fingerprint density at radius 3 is 2.58 bits per heavy atom. The molecule has 0 spiro atoms. The van der Waals surface area contributed by atoms with Gasteiger partial charge < -0.3 is 19.9 Å². The summed E-state index contributed by atoms with van der Waals surface area (Å²) in [6, 6.07) is 6.01. The summed E-state index contributed by atoms with van der Waals surface area (Å²) in [4.78, 5) is 32.8. The lowest BCUT2D eigenvalue weighted by atomic mass is 10.0. The molecule has 2 heterocycles. The van der Waals surface area contributed by atoms with Gasteiger partial charge in [-0.05, 0) is 23.6 Å². The number of alkyl halides is 2. The number of H-pyrrole nitrogens is 1. The fourth-order valence-corrected chi connectivity index (χ4v) is 3.22. The van der Waals surface area contributed by atoms with E-state index in [2.05, 4.69) is 25.9 Å². The summed E-state index contributed by atoms with van der Waals surface area (Å²) in [6.07, 6.45) is 6.73. The molecule has 162 valence electrons. The van der Waals surface area contributed by atoms with E-state index >= 15 is 0 Å². The lowest BCUT2D eigenvalue weighted by Crippen LogP contribution is -2.51. The summed E-state index contributed by atoms with van der Waals surface area (Å²) in [7, 11) is 1.16. The van der Waals surface area contributed by atoms with Crippen molar-refractivity contribution in [3.63, 3.8) is 0 Å². The van der Waals surface area contributed by atoms with Gasteiger partial charge in [-0.3, -0.25) is 4.79 Å². The van der Waals surface area contributed by atoms with Crippen LogP contribution >= 0.6 is 0 Å². The van der Waals surface area contributed by atoms with Gasteiger partial charge in [0.2, 0.25) is 5.91 Å². The average Bonchev–Trinajstić information content (AvgIpc) is 3.35. The number of amides is 2. The van der Waals surface area contributed by atoms with Gasteiger partial charge in [-0.1, -0.05) is 31.9 Å². The smallest absolute Gasteiger partial charge is 0.407 e. The van der Waals surface area contributed by atoms with E-state index in [1.807, 2.05) is 0 Å². The number of methoxy groups -OCH3 is 1. The van der Waals surface area contributed by atoms with Gasteiger partial charge in [-0.15, -0.1) is 6.42 Å². The maximum absolute atomic E-state index is 14.3. The van der Waals surface area contributed by atoms with Crippen molar-refractivity contribution >= 4 is 17.7 Å². The van der Waals surface area contributed by atoms with Crippen LogP contribution in [0.25, 0.3) is 17.0 Å². The number of aromatic nitrogens is 2. The number of nitrogens with zero attached hydrogens (tertiary/aromatic N) is 2. The van der Waals surface area contributed by atoms with Crippen molar-refractivity contribution in [1.29, 1.82) is 0 Å². The zero-order valence-corrected chi connectivity index (χ0v) is 17.3. The molecule has 31 heavy (non-hydrogen) atoms. The number of carbonyl (C=O) groups excluding carboxylic acids is 2.